The summed E-state index contributed by atoms with van der Waals surface area (Å²) in [7, 11) is 1.90. The molecule has 0 bridgehead atoms. The second-order valence-electron chi connectivity index (χ2n) is 5.42. The van der Waals surface area contributed by atoms with Gasteiger partial charge in [0.25, 0.3) is 0 Å². The standard InChI is InChI=1S/C14H18N2O2/c1-14(2,3)18-13(17)8-10-5-6-12-11(7-10)9-15-16(12)4/h5-7,9H,8H2,1-4H3. The van der Waals surface area contributed by atoms with E-state index in [4.69, 9.17) is 4.74 Å². The number of rotatable bonds is 2. The predicted octanol–water partition coefficient (Wildman–Crippen LogP) is 2.46. The zero-order valence-electron chi connectivity index (χ0n) is 11.2. The molecule has 0 N–H and O–H groups in total. The molecule has 0 fully saturated rings. The number of esters is 1. The second kappa shape index (κ2) is 4.44. The summed E-state index contributed by atoms with van der Waals surface area (Å²) in [6, 6.07) is 5.89. The fourth-order valence-corrected chi connectivity index (χ4v) is 1.87. The number of ether oxygens (including phenoxy) is 1. The van der Waals surface area contributed by atoms with E-state index in [1.54, 1.807) is 6.20 Å². The minimum absolute atomic E-state index is 0.203. The minimum Gasteiger partial charge on any atom is -0.460 e. The van der Waals surface area contributed by atoms with Gasteiger partial charge in [-0.05, 0) is 38.5 Å². The molecule has 1 aromatic heterocycles. The molecule has 4 nitrogen and oxygen atoms in total. The lowest BCUT2D eigenvalue weighted by Crippen LogP contribution is -2.24. The molecule has 0 aliphatic heterocycles. The summed E-state index contributed by atoms with van der Waals surface area (Å²) < 4.78 is 7.11. The van der Waals surface area contributed by atoms with Crippen molar-refractivity contribution in [3.8, 4) is 0 Å². The van der Waals surface area contributed by atoms with E-state index in [2.05, 4.69) is 5.10 Å². The van der Waals surface area contributed by atoms with Gasteiger partial charge in [0.15, 0.2) is 0 Å². The molecule has 0 aliphatic rings. The number of aromatic nitrogens is 2. The first-order chi connectivity index (χ1) is 8.35. The molecule has 0 atom stereocenters. The molecule has 0 saturated heterocycles. The molecule has 0 amide bonds. The van der Waals surface area contributed by atoms with Crippen molar-refractivity contribution in [1.29, 1.82) is 0 Å². The van der Waals surface area contributed by atoms with Gasteiger partial charge in [0.05, 0.1) is 18.1 Å². The van der Waals surface area contributed by atoms with Crippen molar-refractivity contribution in [2.75, 3.05) is 0 Å². The lowest BCUT2D eigenvalue weighted by molar-refractivity contribution is -0.153. The van der Waals surface area contributed by atoms with Crippen molar-refractivity contribution in [3.05, 3.63) is 30.0 Å². The molecule has 0 aliphatic carbocycles. The molecule has 0 spiro atoms. The van der Waals surface area contributed by atoms with Gasteiger partial charge < -0.3 is 4.74 Å². The molecule has 1 aromatic carbocycles. The minimum atomic E-state index is -0.435. The summed E-state index contributed by atoms with van der Waals surface area (Å²) in [6.07, 6.45) is 2.09. The van der Waals surface area contributed by atoms with E-state index in [-0.39, 0.29) is 5.97 Å². The van der Waals surface area contributed by atoms with E-state index in [1.165, 1.54) is 0 Å². The largest absolute Gasteiger partial charge is 0.460 e. The van der Waals surface area contributed by atoms with Crippen molar-refractivity contribution in [1.82, 2.24) is 9.78 Å². The molecular formula is C14H18N2O2. The molecule has 1 heterocycles. The number of hydrogen-bond acceptors (Lipinski definition) is 3. The maximum Gasteiger partial charge on any atom is 0.310 e. The fourth-order valence-electron chi connectivity index (χ4n) is 1.87. The lowest BCUT2D eigenvalue weighted by Gasteiger charge is -2.19. The Morgan fingerprint density at radius 1 is 1.39 bits per heavy atom. The van der Waals surface area contributed by atoms with E-state index < -0.39 is 5.60 Å². The Kier molecular flexibility index (Phi) is 3.11. The highest BCUT2D eigenvalue weighted by Crippen LogP contribution is 2.16. The fraction of sp³-hybridized carbons (Fsp3) is 0.429. The maximum absolute atomic E-state index is 11.7. The maximum atomic E-state index is 11.7. The SMILES string of the molecule is Cn1ncc2cc(CC(=O)OC(C)(C)C)ccc21. The van der Waals surface area contributed by atoms with Crippen LogP contribution < -0.4 is 0 Å². The predicted molar refractivity (Wildman–Crippen MR) is 70.3 cm³/mol. The highest BCUT2D eigenvalue weighted by atomic mass is 16.6. The number of carbonyl (C=O) groups excluding carboxylic acids is 1. The van der Waals surface area contributed by atoms with Crippen molar-refractivity contribution in [2.24, 2.45) is 7.05 Å². The van der Waals surface area contributed by atoms with Crippen LogP contribution in [0.15, 0.2) is 24.4 Å². The molecular weight excluding hydrogens is 228 g/mol. The van der Waals surface area contributed by atoms with Crippen molar-refractivity contribution >= 4 is 16.9 Å². The third-order valence-electron chi connectivity index (χ3n) is 2.58. The van der Waals surface area contributed by atoms with Gasteiger partial charge in [-0.3, -0.25) is 9.48 Å². The summed E-state index contributed by atoms with van der Waals surface area (Å²) in [5, 5.41) is 5.22. The molecule has 0 radical (unpaired) electrons. The molecule has 96 valence electrons. The molecule has 2 aromatic rings. The Labute approximate surface area is 107 Å². The van der Waals surface area contributed by atoms with E-state index in [9.17, 15) is 4.79 Å². The van der Waals surface area contributed by atoms with Crippen LogP contribution in [0.1, 0.15) is 26.3 Å². The third-order valence-corrected chi connectivity index (χ3v) is 2.58. The number of aryl methyl sites for hydroxylation is 1. The van der Waals surface area contributed by atoms with Crippen LogP contribution in [-0.2, 0) is 23.0 Å². The van der Waals surface area contributed by atoms with Gasteiger partial charge in [-0.15, -0.1) is 0 Å². The van der Waals surface area contributed by atoms with Gasteiger partial charge in [0.2, 0.25) is 0 Å². The van der Waals surface area contributed by atoms with E-state index >= 15 is 0 Å². The lowest BCUT2D eigenvalue weighted by atomic mass is 10.1. The van der Waals surface area contributed by atoms with Gasteiger partial charge in [-0.2, -0.15) is 5.10 Å². The highest BCUT2D eigenvalue weighted by Gasteiger charge is 2.16. The van der Waals surface area contributed by atoms with Crippen LogP contribution in [0, 0.1) is 0 Å². The Balaban J connectivity index is 2.15. The summed E-state index contributed by atoms with van der Waals surface area (Å²) in [5.74, 6) is -0.203. The van der Waals surface area contributed by atoms with Crippen LogP contribution in [0.3, 0.4) is 0 Å². The Morgan fingerprint density at radius 2 is 2.11 bits per heavy atom. The number of benzene rings is 1. The molecule has 4 heteroatoms. The quantitative estimate of drug-likeness (QED) is 0.764. The van der Waals surface area contributed by atoms with Gasteiger partial charge in [-0.25, -0.2) is 0 Å². The van der Waals surface area contributed by atoms with Gasteiger partial charge in [0, 0.05) is 12.4 Å². The average Bonchev–Trinajstić information content (AvgIpc) is 2.57. The first-order valence-corrected chi connectivity index (χ1v) is 5.98. The van der Waals surface area contributed by atoms with Gasteiger partial charge in [-0.1, -0.05) is 6.07 Å². The summed E-state index contributed by atoms with van der Waals surface area (Å²) in [4.78, 5) is 11.7. The summed E-state index contributed by atoms with van der Waals surface area (Å²) >= 11 is 0. The highest BCUT2D eigenvalue weighted by molar-refractivity contribution is 5.81. The van der Waals surface area contributed by atoms with E-state index in [1.807, 2.05) is 50.7 Å². The number of fused-ring (bicyclic) bond motifs is 1. The molecule has 0 saturated carbocycles. The Hall–Kier alpha value is -1.84. The van der Waals surface area contributed by atoms with E-state index in [0.717, 1.165) is 16.5 Å². The number of nitrogens with zero attached hydrogens (tertiary/aromatic N) is 2. The van der Waals surface area contributed by atoms with Crippen molar-refractivity contribution in [3.63, 3.8) is 0 Å². The Bertz CT molecular complexity index is 579. The molecule has 0 unspecified atom stereocenters. The van der Waals surface area contributed by atoms with Crippen LogP contribution >= 0.6 is 0 Å². The van der Waals surface area contributed by atoms with Crippen LogP contribution in [0.25, 0.3) is 10.9 Å². The van der Waals surface area contributed by atoms with Crippen molar-refractivity contribution in [2.45, 2.75) is 32.8 Å². The van der Waals surface area contributed by atoms with Gasteiger partial charge in [0.1, 0.15) is 5.60 Å². The number of carbonyl (C=O) groups is 1. The van der Waals surface area contributed by atoms with Crippen LogP contribution in [0.2, 0.25) is 0 Å². The first-order valence-electron chi connectivity index (χ1n) is 5.98. The smallest absolute Gasteiger partial charge is 0.310 e. The first kappa shape index (κ1) is 12.6. The topological polar surface area (TPSA) is 44.1 Å². The van der Waals surface area contributed by atoms with E-state index in [0.29, 0.717) is 6.42 Å². The number of hydrogen-bond donors (Lipinski definition) is 0. The van der Waals surface area contributed by atoms with Crippen molar-refractivity contribution < 1.29 is 9.53 Å². The van der Waals surface area contributed by atoms with Crippen LogP contribution in [0.4, 0.5) is 0 Å². The monoisotopic (exact) mass is 246 g/mol. The zero-order chi connectivity index (χ0) is 13.3. The van der Waals surface area contributed by atoms with Gasteiger partial charge >= 0.3 is 5.97 Å². The van der Waals surface area contributed by atoms with Crippen LogP contribution in [-0.4, -0.2) is 21.4 Å². The summed E-state index contributed by atoms with van der Waals surface area (Å²) in [6.45, 7) is 5.61. The third kappa shape index (κ3) is 2.88. The second-order valence-corrected chi connectivity index (χ2v) is 5.42. The molecule has 2 rings (SSSR count). The Morgan fingerprint density at radius 3 is 2.78 bits per heavy atom. The van der Waals surface area contributed by atoms with Crippen LogP contribution in [0.5, 0.6) is 0 Å². The normalized spacial score (nSPS) is 11.8. The zero-order valence-corrected chi connectivity index (χ0v) is 11.2. The average molecular weight is 246 g/mol. The molecule has 18 heavy (non-hydrogen) atoms. The summed E-state index contributed by atoms with van der Waals surface area (Å²) in [5.41, 5.74) is 1.57.